The van der Waals surface area contributed by atoms with Crippen molar-refractivity contribution in [2.75, 3.05) is 5.43 Å². The number of H-pyrrole nitrogens is 1. The molecular weight excluding hydrogens is 173 g/mol. The van der Waals surface area contributed by atoms with Crippen LogP contribution in [0.2, 0.25) is 0 Å². The molecule has 0 bridgehead atoms. The van der Waals surface area contributed by atoms with Crippen molar-refractivity contribution in [1.29, 1.82) is 0 Å². The number of aromatic nitrogens is 4. The third-order valence-electron chi connectivity index (χ3n) is 0.859. The summed E-state index contributed by atoms with van der Waals surface area (Å²) in [4.78, 5) is 1.50. The van der Waals surface area contributed by atoms with Crippen LogP contribution in [-0.2, 0) is 0 Å². The van der Waals surface area contributed by atoms with Crippen LogP contribution in [0.1, 0.15) is 13.8 Å². The number of nitrogens with one attached hydrogen (secondary N) is 2. The summed E-state index contributed by atoms with van der Waals surface area (Å²) in [5.41, 5.74) is 2.98. The molecule has 0 aliphatic heterocycles. The summed E-state index contributed by atoms with van der Waals surface area (Å²) >= 11 is 4.80. The predicted molar refractivity (Wildman–Crippen MR) is 39.7 cm³/mol. The standard InChI is InChI=1S/C4H9N5S.Na/c1-3(2)6-9-4(10)5-7-8-9;/h3,6H,1-2H3,(H,5,8,10);/q;+1. The van der Waals surface area contributed by atoms with Crippen molar-refractivity contribution in [3.05, 3.63) is 4.77 Å². The van der Waals surface area contributed by atoms with Crippen molar-refractivity contribution in [3.63, 3.8) is 0 Å². The van der Waals surface area contributed by atoms with E-state index in [1.165, 1.54) is 4.79 Å². The molecule has 7 heteroatoms. The number of nitrogens with zero attached hydrogens (tertiary/aromatic N) is 3. The smallest absolute Gasteiger partial charge is 0.305 e. The van der Waals surface area contributed by atoms with Crippen molar-refractivity contribution in [3.8, 4) is 0 Å². The third kappa shape index (κ3) is 3.33. The van der Waals surface area contributed by atoms with E-state index in [1.807, 2.05) is 13.8 Å². The van der Waals surface area contributed by atoms with E-state index in [9.17, 15) is 0 Å². The number of tetrazole rings is 1. The zero-order valence-corrected chi connectivity index (χ0v) is 9.64. The number of hydrogen-bond acceptors (Lipinski definition) is 4. The van der Waals surface area contributed by atoms with E-state index >= 15 is 0 Å². The van der Waals surface area contributed by atoms with E-state index in [-0.39, 0.29) is 29.6 Å². The molecule has 1 rings (SSSR count). The molecule has 0 fully saturated rings. The molecule has 0 aromatic carbocycles. The van der Waals surface area contributed by atoms with E-state index in [4.69, 9.17) is 12.2 Å². The van der Waals surface area contributed by atoms with E-state index in [1.54, 1.807) is 0 Å². The molecule has 11 heavy (non-hydrogen) atoms. The molecule has 0 aliphatic carbocycles. The summed E-state index contributed by atoms with van der Waals surface area (Å²) in [5.74, 6) is 0. The molecule has 0 radical (unpaired) electrons. The maximum atomic E-state index is 4.80. The van der Waals surface area contributed by atoms with Crippen LogP contribution in [0, 0.1) is 4.77 Å². The van der Waals surface area contributed by atoms with E-state index in [0.29, 0.717) is 10.8 Å². The average molecular weight is 182 g/mol. The van der Waals surface area contributed by atoms with Crippen LogP contribution in [0.3, 0.4) is 0 Å². The normalized spacial score (nSPS) is 9.36. The second-order valence-corrected chi connectivity index (χ2v) is 2.57. The fraction of sp³-hybridized carbons (Fsp3) is 0.750. The molecule has 56 valence electrons. The summed E-state index contributed by atoms with van der Waals surface area (Å²) in [5, 5.41) is 9.65. The molecule has 0 saturated heterocycles. The molecule has 0 aliphatic rings. The minimum Gasteiger partial charge on any atom is -0.305 e. The fourth-order valence-electron chi connectivity index (χ4n) is 0.540. The minimum absolute atomic E-state index is 0. The largest absolute Gasteiger partial charge is 1.00 e. The van der Waals surface area contributed by atoms with Crippen molar-refractivity contribution < 1.29 is 29.6 Å². The molecule has 5 nitrogen and oxygen atoms in total. The van der Waals surface area contributed by atoms with Crippen molar-refractivity contribution in [2.24, 2.45) is 0 Å². The maximum absolute atomic E-state index is 4.80. The molecule has 2 N–H and O–H groups in total. The Morgan fingerprint density at radius 2 is 2.27 bits per heavy atom. The zero-order chi connectivity index (χ0) is 7.56. The van der Waals surface area contributed by atoms with Gasteiger partial charge in [-0.25, -0.2) is 0 Å². The number of hydrogen-bond donors (Lipinski definition) is 2. The van der Waals surface area contributed by atoms with Crippen LogP contribution < -0.4 is 35.0 Å². The Morgan fingerprint density at radius 3 is 2.64 bits per heavy atom. The predicted octanol–water partition coefficient (Wildman–Crippen LogP) is -2.71. The Kier molecular flexibility index (Phi) is 4.91. The van der Waals surface area contributed by atoms with Gasteiger partial charge in [-0.1, -0.05) is 5.10 Å². The van der Waals surface area contributed by atoms with Gasteiger partial charge in [-0.15, -0.1) is 0 Å². The van der Waals surface area contributed by atoms with Gasteiger partial charge in [0.2, 0.25) is 0 Å². The van der Waals surface area contributed by atoms with Gasteiger partial charge in [0.25, 0.3) is 4.77 Å². The summed E-state index contributed by atoms with van der Waals surface area (Å²) in [6.07, 6.45) is 0. The molecular formula is C4H9N5NaS+. The summed E-state index contributed by atoms with van der Waals surface area (Å²) < 4.78 is 0.411. The average Bonchev–Trinajstić information content (AvgIpc) is 2.15. The van der Waals surface area contributed by atoms with Crippen molar-refractivity contribution in [2.45, 2.75) is 19.9 Å². The third-order valence-corrected chi connectivity index (χ3v) is 1.12. The first-order chi connectivity index (χ1) is 4.70. The first-order valence-electron chi connectivity index (χ1n) is 2.97. The maximum Gasteiger partial charge on any atom is 1.00 e. The number of rotatable bonds is 2. The first-order valence-corrected chi connectivity index (χ1v) is 3.37. The first kappa shape index (κ1) is 11.1. The van der Waals surface area contributed by atoms with Gasteiger partial charge in [0, 0.05) is 6.04 Å². The molecule has 1 aromatic heterocycles. The SMILES string of the molecule is CC(C)Nn1[nH]nnc1=S.[Na+]. The Hall–Kier alpha value is 0.0900. The minimum atomic E-state index is 0. The Bertz CT molecular complexity index is 253. The second kappa shape index (κ2) is 4.87. The van der Waals surface area contributed by atoms with Crippen LogP contribution in [0.25, 0.3) is 0 Å². The molecule has 1 aromatic rings. The summed E-state index contributed by atoms with van der Waals surface area (Å²) in [6, 6.07) is 0.314. The van der Waals surface area contributed by atoms with Crippen molar-refractivity contribution >= 4 is 12.2 Å². The molecule has 0 saturated carbocycles. The van der Waals surface area contributed by atoms with Crippen LogP contribution in [0.5, 0.6) is 0 Å². The Balaban J connectivity index is 0.000001000. The summed E-state index contributed by atoms with van der Waals surface area (Å²) in [7, 11) is 0. The van der Waals surface area contributed by atoms with Gasteiger partial charge in [-0.05, 0) is 31.3 Å². The monoisotopic (exact) mass is 182 g/mol. The zero-order valence-electron chi connectivity index (χ0n) is 6.83. The topological polar surface area (TPSA) is 58.5 Å². The van der Waals surface area contributed by atoms with Crippen LogP contribution in [0.15, 0.2) is 0 Å². The quantitative estimate of drug-likeness (QED) is 0.386. The van der Waals surface area contributed by atoms with Gasteiger partial charge >= 0.3 is 29.6 Å². The van der Waals surface area contributed by atoms with Gasteiger partial charge in [-0.3, -0.25) is 0 Å². The molecule has 0 unspecified atom stereocenters. The molecule has 0 amide bonds. The molecule has 0 spiro atoms. The van der Waals surface area contributed by atoms with E-state index < -0.39 is 0 Å². The van der Waals surface area contributed by atoms with Gasteiger partial charge < -0.3 is 5.43 Å². The van der Waals surface area contributed by atoms with Gasteiger partial charge in [0.15, 0.2) is 0 Å². The van der Waals surface area contributed by atoms with E-state index in [2.05, 4.69) is 21.0 Å². The molecule has 0 atom stereocenters. The second-order valence-electron chi connectivity index (χ2n) is 2.20. The molecule has 1 heterocycles. The fourth-order valence-corrected chi connectivity index (χ4v) is 0.674. The number of aromatic amines is 1. The summed E-state index contributed by atoms with van der Waals surface area (Å²) in [6.45, 7) is 4.01. The van der Waals surface area contributed by atoms with Crippen LogP contribution >= 0.6 is 12.2 Å². The van der Waals surface area contributed by atoms with Crippen molar-refractivity contribution in [1.82, 2.24) is 20.3 Å². The van der Waals surface area contributed by atoms with E-state index in [0.717, 1.165) is 0 Å². The van der Waals surface area contributed by atoms with Crippen LogP contribution in [0.4, 0.5) is 0 Å². The Labute approximate surface area is 91.8 Å². The van der Waals surface area contributed by atoms with Gasteiger partial charge in [-0.2, -0.15) is 10.0 Å². The van der Waals surface area contributed by atoms with Crippen LogP contribution in [-0.4, -0.2) is 26.4 Å². The Morgan fingerprint density at radius 1 is 1.64 bits per heavy atom. The van der Waals surface area contributed by atoms with Gasteiger partial charge in [0.05, 0.1) is 0 Å². The van der Waals surface area contributed by atoms with Gasteiger partial charge in [0.1, 0.15) is 0 Å².